The van der Waals surface area contributed by atoms with Gasteiger partial charge in [0, 0.05) is 30.3 Å². The van der Waals surface area contributed by atoms with Crippen LogP contribution >= 0.6 is 11.6 Å². The number of nitrogens with zero attached hydrogens (tertiary/aromatic N) is 1. The van der Waals surface area contributed by atoms with Crippen LogP contribution in [0.3, 0.4) is 0 Å². The summed E-state index contributed by atoms with van der Waals surface area (Å²) in [6, 6.07) is 4.73. The number of aryl methyl sites for hydroxylation is 1. The highest BCUT2D eigenvalue weighted by Gasteiger charge is 2.37. The zero-order chi connectivity index (χ0) is 15.6. The summed E-state index contributed by atoms with van der Waals surface area (Å²) >= 11 is 5.90. The average Bonchev–Trinajstić information content (AvgIpc) is 2.80. The van der Waals surface area contributed by atoms with E-state index >= 15 is 0 Å². The molecule has 2 rings (SSSR count). The van der Waals surface area contributed by atoms with Crippen LogP contribution in [0.5, 0.6) is 0 Å². The third-order valence-corrected chi connectivity index (χ3v) is 4.03. The van der Waals surface area contributed by atoms with Crippen molar-refractivity contribution in [3.05, 3.63) is 34.3 Å². The van der Waals surface area contributed by atoms with Crippen LogP contribution in [-0.4, -0.2) is 47.7 Å². The fourth-order valence-electron chi connectivity index (χ4n) is 2.71. The first-order valence-corrected chi connectivity index (χ1v) is 7.12. The number of carbonyl (C=O) groups excluding carboxylic acids is 1. The first-order chi connectivity index (χ1) is 9.92. The minimum Gasteiger partial charge on any atom is -0.481 e. The number of carboxylic acid groups (broad SMARTS) is 1. The second kappa shape index (κ2) is 6.45. The van der Waals surface area contributed by atoms with Crippen molar-refractivity contribution in [2.75, 3.05) is 13.7 Å². The lowest BCUT2D eigenvalue weighted by atomic mass is 10.1. The third kappa shape index (κ3) is 3.54. The van der Waals surface area contributed by atoms with Gasteiger partial charge >= 0.3 is 5.97 Å². The molecule has 6 heteroatoms. The molecular formula is C15H18ClNO4. The molecule has 0 aliphatic carbocycles. The molecule has 1 aromatic rings. The highest BCUT2D eigenvalue weighted by Crippen LogP contribution is 2.26. The Morgan fingerprint density at radius 2 is 2.19 bits per heavy atom. The number of ether oxygens (including phenoxy) is 1. The van der Waals surface area contributed by atoms with Crippen molar-refractivity contribution in [3.8, 4) is 0 Å². The Morgan fingerprint density at radius 3 is 2.76 bits per heavy atom. The van der Waals surface area contributed by atoms with Gasteiger partial charge in [-0.25, -0.2) is 0 Å². The number of carboxylic acids is 1. The molecule has 114 valence electrons. The van der Waals surface area contributed by atoms with E-state index in [1.165, 1.54) is 0 Å². The minimum atomic E-state index is -0.914. The molecule has 1 fully saturated rings. The molecule has 1 saturated heterocycles. The highest BCUT2D eigenvalue weighted by molar-refractivity contribution is 6.30. The first-order valence-electron chi connectivity index (χ1n) is 6.74. The zero-order valence-corrected chi connectivity index (χ0v) is 12.8. The van der Waals surface area contributed by atoms with Gasteiger partial charge in [0.2, 0.25) is 0 Å². The quantitative estimate of drug-likeness (QED) is 0.927. The van der Waals surface area contributed by atoms with E-state index in [-0.39, 0.29) is 24.5 Å². The lowest BCUT2D eigenvalue weighted by molar-refractivity contribution is -0.137. The largest absolute Gasteiger partial charge is 0.481 e. The summed E-state index contributed by atoms with van der Waals surface area (Å²) in [4.78, 5) is 25.2. The monoisotopic (exact) mass is 311 g/mol. The van der Waals surface area contributed by atoms with Gasteiger partial charge in [-0.05, 0) is 37.1 Å². The van der Waals surface area contributed by atoms with Crippen molar-refractivity contribution < 1.29 is 19.4 Å². The normalized spacial score (nSPS) is 21.6. The van der Waals surface area contributed by atoms with Crippen molar-refractivity contribution in [2.45, 2.75) is 31.9 Å². The van der Waals surface area contributed by atoms with Crippen LogP contribution in [0.2, 0.25) is 5.02 Å². The van der Waals surface area contributed by atoms with Crippen molar-refractivity contribution >= 4 is 23.5 Å². The van der Waals surface area contributed by atoms with Crippen molar-refractivity contribution in [3.63, 3.8) is 0 Å². The van der Waals surface area contributed by atoms with Gasteiger partial charge in [0.05, 0.1) is 12.5 Å². The van der Waals surface area contributed by atoms with Gasteiger partial charge < -0.3 is 14.7 Å². The Morgan fingerprint density at radius 1 is 1.48 bits per heavy atom. The summed E-state index contributed by atoms with van der Waals surface area (Å²) in [5, 5.41) is 9.57. The van der Waals surface area contributed by atoms with Crippen LogP contribution in [0.1, 0.15) is 28.8 Å². The smallest absolute Gasteiger partial charge is 0.305 e. The van der Waals surface area contributed by atoms with E-state index < -0.39 is 5.97 Å². The van der Waals surface area contributed by atoms with Crippen LogP contribution in [-0.2, 0) is 9.53 Å². The molecule has 1 amide bonds. The number of methoxy groups -OCH3 is 1. The summed E-state index contributed by atoms with van der Waals surface area (Å²) < 4.78 is 5.28. The molecule has 2 unspecified atom stereocenters. The molecular weight excluding hydrogens is 294 g/mol. The number of hydrogen-bond acceptors (Lipinski definition) is 3. The van der Waals surface area contributed by atoms with E-state index in [1.54, 1.807) is 30.2 Å². The van der Waals surface area contributed by atoms with Gasteiger partial charge in [0.1, 0.15) is 0 Å². The molecule has 0 saturated carbocycles. The number of amides is 1. The molecule has 1 aromatic carbocycles. The third-order valence-electron chi connectivity index (χ3n) is 3.80. The van der Waals surface area contributed by atoms with Crippen LogP contribution in [0.15, 0.2) is 18.2 Å². The Hall–Kier alpha value is -1.59. The summed E-state index contributed by atoms with van der Waals surface area (Å²) in [7, 11) is 1.57. The minimum absolute atomic E-state index is 0.0712. The maximum absolute atomic E-state index is 12.7. The van der Waals surface area contributed by atoms with Crippen LogP contribution in [0.4, 0.5) is 0 Å². The number of carbonyl (C=O) groups is 2. The predicted octanol–water partition coefficient (Wildman–Crippen LogP) is 2.35. The maximum atomic E-state index is 12.7. The lowest BCUT2D eigenvalue weighted by Gasteiger charge is -2.24. The maximum Gasteiger partial charge on any atom is 0.305 e. The molecule has 0 aromatic heterocycles. The Labute approximate surface area is 128 Å². The molecule has 1 aliphatic rings. The first kappa shape index (κ1) is 15.8. The van der Waals surface area contributed by atoms with Gasteiger partial charge in [0.25, 0.3) is 5.91 Å². The fraction of sp³-hybridized carbons (Fsp3) is 0.467. The number of benzene rings is 1. The second-order valence-electron chi connectivity index (χ2n) is 5.26. The van der Waals surface area contributed by atoms with E-state index in [0.29, 0.717) is 23.6 Å². The van der Waals surface area contributed by atoms with Crippen LogP contribution in [0, 0.1) is 6.92 Å². The average molecular weight is 312 g/mol. The van der Waals surface area contributed by atoms with Gasteiger partial charge in [-0.1, -0.05) is 11.6 Å². The Kier molecular flexibility index (Phi) is 4.85. The number of likely N-dealkylation sites (tertiary alicyclic amines) is 1. The second-order valence-corrected chi connectivity index (χ2v) is 5.70. The van der Waals surface area contributed by atoms with E-state index in [9.17, 15) is 9.59 Å². The zero-order valence-electron chi connectivity index (χ0n) is 12.0. The molecule has 2 atom stereocenters. The topological polar surface area (TPSA) is 66.8 Å². The number of aliphatic carboxylic acids is 1. The Bertz CT molecular complexity index is 561. The molecule has 0 bridgehead atoms. The molecule has 21 heavy (non-hydrogen) atoms. The summed E-state index contributed by atoms with van der Waals surface area (Å²) in [5.74, 6) is -1.09. The van der Waals surface area contributed by atoms with Gasteiger partial charge in [0.15, 0.2) is 0 Å². The molecule has 5 nitrogen and oxygen atoms in total. The summed E-state index contributed by atoms with van der Waals surface area (Å²) in [6.45, 7) is 2.23. The fourth-order valence-corrected chi connectivity index (χ4v) is 2.94. The standard InChI is InChI=1S/C15H18ClNO4/c1-9-5-10(16)3-4-13(9)15(20)17-8-12(21-2)6-11(17)7-14(18)19/h3-5,11-12H,6-8H2,1-2H3,(H,18,19). The Balaban J connectivity index is 2.24. The number of halogens is 1. The van der Waals surface area contributed by atoms with Crippen LogP contribution < -0.4 is 0 Å². The van der Waals surface area contributed by atoms with E-state index in [1.807, 2.05) is 6.92 Å². The van der Waals surface area contributed by atoms with Crippen molar-refractivity contribution in [2.24, 2.45) is 0 Å². The molecule has 1 heterocycles. The predicted molar refractivity (Wildman–Crippen MR) is 78.7 cm³/mol. The van der Waals surface area contributed by atoms with Crippen LogP contribution in [0.25, 0.3) is 0 Å². The highest BCUT2D eigenvalue weighted by atomic mass is 35.5. The molecule has 1 aliphatic heterocycles. The van der Waals surface area contributed by atoms with Crippen molar-refractivity contribution in [1.82, 2.24) is 4.90 Å². The van der Waals surface area contributed by atoms with Crippen molar-refractivity contribution in [1.29, 1.82) is 0 Å². The molecule has 1 N–H and O–H groups in total. The number of rotatable bonds is 4. The van der Waals surface area contributed by atoms with Gasteiger partial charge in [-0.2, -0.15) is 0 Å². The number of hydrogen-bond donors (Lipinski definition) is 1. The lowest BCUT2D eigenvalue weighted by Crippen LogP contribution is -2.37. The van der Waals surface area contributed by atoms with E-state index in [0.717, 1.165) is 5.56 Å². The SMILES string of the molecule is COC1CC(CC(=O)O)N(C(=O)c2ccc(Cl)cc2C)C1. The molecule has 0 spiro atoms. The van der Waals surface area contributed by atoms with Gasteiger partial charge in [-0.15, -0.1) is 0 Å². The summed E-state index contributed by atoms with van der Waals surface area (Å²) in [5.41, 5.74) is 1.33. The summed E-state index contributed by atoms with van der Waals surface area (Å²) in [6.07, 6.45) is 0.352. The van der Waals surface area contributed by atoms with E-state index in [2.05, 4.69) is 0 Å². The van der Waals surface area contributed by atoms with E-state index in [4.69, 9.17) is 21.4 Å². The van der Waals surface area contributed by atoms with Gasteiger partial charge in [-0.3, -0.25) is 9.59 Å². The molecule has 0 radical (unpaired) electrons.